The molecule has 11 rings (SSSR count). The zero-order chi connectivity index (χ0) is 48.5. The van der Waals surface area contributed by atoms with Crippen molar-refractivity contribution < 1.29 is 29.4 Å². The van der Waals surface area contributed by atoms with E-state index in [-0.39, 0.29) is 25.1 Å². The van der Waals surface area contributed by atoms with Gasteiger partial charge in [-0.2, -0.15) is 49.2 Å². The number of aromatic hydroxyl groups is 2. The maximum atomic E-state index is 12.2. The molecule has 0 saturated carbocycles. The van der Waals surface area contributed by atoms with Crippen LogP contribution in [0.3, 0.4) is 0 Å². The summed E-state index contributed by atoms with van der Waals surface area (Å²) in [5, 5.41) is 29.2. The zero-order valence-electron chi connectivity index (χ0n) is 40.7. The number of fused-ring (bicyclic) bond motifs is 6. The Morgan fingerprint density at radius 3 is 1.00 bits per heavy atom. The van der Waals surface area contributed by atoms with Crippen LogP contribution in [0.25, 0.3) is 55.0 Å². The van der Waals surface area contributed by atoms with Crippen molar-refractivity contribution in [3.05, 3.63) is 229 Å². The summed E-state index contributed by atoms with van der Waals surface area (Å²) in [6, 6.07) is 63.0. The molecule has 10 aromatic rings. The number of hydrogen-bond acceptors (Lipinski definition) is 2. The second kappa shape index (κ2) is 20.3. The van der Waals surface area contributed by atoms with Gasteiger partial charge in [0.15, 0.2) is 0 Å². The molecular weight excluding hydrogens is 960 g/mol. The first kappa shape index (κ1) is 48.3. The molecule has 4 nitrogen and oxygen atoms in total. The first-order valence-electron chi connectivity index (χ1n) is 23.7. The number of para-hydroxylation sites is 4. The Balaban J connectivity index is 0.000000364. The van der Waals surface area contributed by atoms with Crippen LogP contribution in [0.2, 0.25) is 0 Å². The maximum Gasteiger partial charge on any atom is -0.0866 e. The molecule has 2 atom stereocenters. The van der Waals surface area contributed by atoms with Gasteiger partial charge in [0, 0.05) is 0 Å². The van der Waals surface area contributed by atoms with Crippen LogP contribution in [0.4, 0.5) is 0 Å². The third-order valence-corrected chi connectivity index (χ3v) is 33.3. The molecule has 1 aliphatic heterocycles. The van der Waals surface area contributed by atoms with E-state index in [4.69, 9.17) is 0 Å². The van der Waals surface area contributed by atoms with Gasteiger partial charge < -0.3 is 0 Å². The SMILES string of the molecule is CC(C)(C)c1cc(C[S]2=[Zr]=[S](Cc3cc(C(C)(C)C)cc(-n4c5ccccc5c5ccccc54)c3O)CC2)c(O)c(-n2c3ccccc3c3ccccc32)c1.[CH2-]c1ccccc1.[CH2-]c1ccccc1. The number of benzene rings is 8. The van der Waals surface area contributed by atoms with Gasteiger partial charge in [0.25, 0.3) is 0 Å². The molecule has 1 aliphatic rings. The van der Waals surface area contributed by atoms with Crippen LogP contribution in [0.1, 0.15) is 74.9 Å². The molecule has 350 valence electrons. The Bertz CT molecular complexity index is 3210. The number of phenols is 2. The minimum atomic E-state index is -0.844. The fraction of sp³-hybridized carbons (Fsp3) is 0.194. The Labute approximate surface area is 420 Å². The molecule has 3 heterocycles. The van der Waals surface area contributed by atoms with Crippen molar-refractivity contribution in [2.45, 2.75) is 63.9 Å². The molecule has 2 N–H and O–H groups in total. The van der Waals surface area contributed by atoms with Crippen molar-refractivity contribution in [2.24, 2.45) is 0 Å². The molecule has 2 unspecified atom stereocenters. The van der Waals surface area contributed by atoms with Gasteiger partial charge in [-0.05, 0) is 0 Å². The Morgan fingerprint density at radius 1 is 0.435 bits per heavy atom. The summed E-state index contributed by atoms with van der Waals surface area (Å²) < 4.78 is 4.56. The van der Waals surface area contributed by atoms with Gasteiger partial charge in [0.2, 0.25) is 0 Å². The third-order valence-electron chi connectivity index (χ3n) is 12.9. The van der Waals surface area contributed by atoms with Crippen molar-refractivity contribution in [3.63, 3.8) is 0 Å². The summed E-state index contributed by atoms with van der Waals surface area (Å²) in [4.78, 5) is 0. The van der Waals surface area contributed by atoms with Crippen molar-refractivity contribution in [2.75, 3.05) is 11.5 Å². The quantitative estimate of drug-likeness (QED) is 0.163. The molecule has 8 aromatic carbocycles. The van der Waals surface area contributed by atoms with Crippen molar-refractivity contribution in [1.29, 1.82) is 0 Å². The van der Waals surface area contributed by atoms with Gasteiger partial charge in [-0.15, -0.1) is 24.3 Å². The average molecular weight is 1020 g/mol. The molecule has 0 radical (unpaired) electrons. The van der Waals surface area contributed by atoms with Crippen LogP contribution < -0.4 is 0 Å². The molecule has 7 heteroatoms. The van der Waals surface area contributed by atoms with Crippen LogP contribution in [-0.2, 0) is 41.5 Å². The summed E-state index contributed by atoms with van der Waals surface area (Å²) in [6.07, 6.45) is 0. The van der Waals surface area contributed by atoms with Crippen LogP contribution in [-0.4, -0.2) is 30.9 Å². The molecule has 2 aromatic heterocycles. The predicted molar refractivity (Wildman–Crippen MR) is 296 cm³/mol. The van der Waals surface area contributed by atoms with Gasteiger partial charge in [-0.25, -0.2) is 0 Å². The van der Waals surface area contributed by atoms with Crippen molar-refractivity contribution in [3.8, 4) is 22.9 Å². The number of hydrogen-bond donors (Lipinski definition) is 2. The summed E-state index contributed by atoms with van der Waals surface area (Å²) in [7, 11) is 0.577. The van der Waals surface area contributed by atoms with E-state index in [1.165, 1.54) is 44.2 Å². The minimum absolute atomic E-state index is 0.0668. The number of phenolic OH excluding ortho intramolecular Hbond substituents is 2. The second-order valence-electron chi connectivity index (χ2n) is 20.0. The molecular formula is C62H62N2O2S2Zr-2. The normalized spacial score (nSPS) is 14.8. The average Bonchev–Trinajstić information content (AvgIpc) is 4.03. The molecule has 0 spiro atoms. The van der Waals surface area contributed by atoms with Gasteiger partial charge in [-0.1, -0.05) is 12.1 Å². The van der Waals surface area contributed by atoms with Crippen molar-refractivity contribution >= 4 is 57.9 Å². The largest absolute Gasteiger partial charge is 0.199 e. The fourth-order valence-electron chi connectivity index (χ4n) is 9.13. The van der Waals surface area contributed by atoms with Crippen LogP contribution in [0.15, 0.2) is 182 Å². The number of aromatic nitrogens is 2. The number of nitrogens with zero attached hydrogens (tertiary/aromatic N) is 2. The van der Waals surface area contributed by atoms with E-state index < -0.39 is 19.2 Å². The summed E-state index contributed by atoms with van der Waals surface area (Å²) in [5.74, 6) is 5.16. The topological polar surface area (TPSA) is 50.3 Å². The molecule has 0 bridgehead atoms. The standard InChI is InChI=1S/C48H48N2O2S2.2C7H7.Zr/c1-47(2,3)33-25-31(45(51)43(27-33)49-39-19-11-7-15-35(39)36-16-8-12-20-40(36)49)29-53-23-24-54-30-32-26-34(48(4,5)6)28-44(46(32)52)50-41-21-13-9-17-37(41)38-18-10-14-22-42(38)50;2*1-7-5-3-2-4-6-7;/h7-22,25-28,51-52H,23-24,29-30H2,1-6H3;2*2-6H,1H2;/q;2*-1;. The Morgan fingerprint density at radius 2 is 0.725 bits per heavy atom. The zero-order valence-corrected chi connectivity index (χ0v) is 44.8. The van der Waals surface area contributed by atoms with Crippen molar-refractivity contribution in [1.82, 2.24) is 9.13 Å². The summed E-state index contributed by atoms with van der Waals surface area (Å²) in [5.41, 5.74) is 12.9. The first-order chi connectivity index (χ1) is 33.2. The Hall–Kier alpha value is -5.72. The smallest absolute Gasteiger partial charge is 0.0866 e. The molecule has 0 amide bonds. The van der Waals surface area contributed by atoms with E-state index in [0.717, 1.165) is 67.2 Å². The minimum Gasteiger partial charge on any atom is -0.199 e. The predicted octanol–water partition coefficient (Wildman–Crippen LogP) is 16.8. The monoisotopic (exact) mass is 1020 g/mol. The van der Waals surface area contributed by atoms with E-state index in [2.05, 4.69) is 186 Å². The molecule has 0 fully saturated rings. The van der Waals surface area contributed by atoms with Gasteiger partial charge in [0.1, 0.15) is 0 Å². The van der Waals surface area contributed by atoms with Gasteiger partial charge >= 0.3 is 338 Å². The molecule has 0 saturated heterocycles. The third kappa shape index (κ3) is 10.4. The van der Waals surface area contributed by atoms with E-state index in [0.29, 0.717) is 11.5 Å². The first-order valence-corrected chi connectivity index (χ1v) is 32.9. The van der Waals surface area contributed by atoms with E-state index in [9.17, 15) is 10.2 Å². The van der Waals surface area contributed by atoms with E-state index >= 15 is 0 Å². The fourth-order valence-corrected chi connectivity index (χ4v) is 34.3. The van der Waals surface area contributed by atoms with E-state index in [1.54, 1.807) is 0 Å². The summed E-state index contributed by atoms with van der Waals surface area (Å²) in [6.45, 7) is 21.1. The maximum absolute atomic E-state index is 12.2. The van der Waals surface area contributed by atoms with Crippen LogP contribution >= 0.6 is 14.2 Å². The number of rotatable bonds is 6. The molecule has 0 aliphatic carbocycles. The van der Waals surface area contributed by atoms with E-state index in [1.807, 2.05) is 60.7 Å². The molecule has 69 heavy (non-hydrogen) atoms. The van der Waals surface area contributed by atoms with Gasteiger partial charge in [0.05, 0.1) is 0 Å². The van der Waals surface area contributed by atoms with Crippen LogP contribution in [0.5, 0.6) is 11.5 Å². The van der Waals surface area contributed by atoms with Gasteiger partial charge in [-0.3, -0.25) is 0 Å². The summed E-state index contributed by atoms with van der Waals surface area (Å²) >= 11 is -0.844. The Kier molecular flexibility index (Phi) is 14.2. The van der Waals surface area contributed by atoms with Crippen LogP contribution in [0, 0.1) is 13.8 Å². The second-order valence-corrected chi connectivity index (χ2v) is 36.2.